The standard InChI is InChI=1S/C20H20Cl3N3O3S/c1-3-29-17(28)14-8-10-15(11-9-14)24-19(30)26-18(20(21,22)23)25-16(27)13-6-4-12(2)5-7-13/h4-11,18H,3H2,1-2H3,(H,25,27)(H2,24,26,30)/t18-/m1/s1. The van der Waals surface area contributed by atoms with E-state index in [2.05, 4.69) is 16.0 Å². The van der Waals surface area contributed by atoms with Crippen LogP contribution in [-0.4, -0.2) is 33.6 Å². The first kappa shape index (κ1) is 24.2. The lowest BCUT2D eigenvalue weighted by atomic mass is 10.1. The molecule has 6 nitrogen and oxygen atoms in total. The minimum absolute atomic E-state index is 0.111. The molecule has 0 fully saturated rings. The molecule has 0 aliphatic carbocycles. The fourth-order valence-corrected chi connectivity index (χ4v) is 2.88. The normalized spacial score (nSPS) is 11.9. The van der Waals surface area contributed by atoms with Crippen LogP contribution in [0.5, 0.6) is 0 Å². The van der Waals surface area contributed by atoms with Gasteiger partial charge in [0, 0.05) is 11.3 Å². The molecule has 0 unspecified atom stereocenters. The molecule has 0 aliphatic rings. The third-order valence-electron chi connectivity index (χ3n) is 3.85. The predicted molar refractivity (Wildman–Crippen MR) is 124 cm³/mol. The fraction of sp³-hybridized carbons (Fsp3) is 0.250. The molecule has 0 aliphatic heterocycles. The third kappa shape index (κ3) is 7.32. The summed E-state index contributed by atoms with van der Waals surface area (Å²) in [6.45, 7) is 3.94. The van der Waals surface area contributed by atoms with Crippen LogP contribution in [0.2, 0.25) is 0 Å². The summed E-state index contributed by atoms with van der Waals surface area (Å²) < 4.78 is 3.06. The Morgan fingerprint density at radius 3 is 2.10 bits per heavy atom. The Labute approximate surface area is 195 Å². The van der Waals surface area contributed by atoms with E-state index in [-0.39, 0.29) is 5.11 Å². The summed E-state index contributed by atoms with van der Waals surface area (Å²) in [5.41, 5.74) is 2.43. The topological polar surface area (TPSA) is 79.5 Å². The van der Waals surface area contributed by atoms with E-state index in [1.807, 2.05) is 6.92 Å². The summed E-state index contributed by atoms with van der Waals surface area (Å²) in [5, 5.41) is 8.40. The molecule has 2 aromatic rings. The van der Waals surface area contributed by atoms with Crippen LogP contribution in [0, 0.1) is 6.92 Å². The van der Waals surface area contributed by atoms with Crippen molar-refractivity contribution in [3.05, 3.63) is 65.2 Å². The van der Waals surface area contributed by atoms with Crippen molar-refractivity contribution in [2.75, 3.05) is 11.9 Å². The Morgan fingerprint density at radius 2 is 1.57 bits per heavy atom. The number of aryl methyl sites for hydroxylation is 1. The van der Waals surface area contributed by atoms with Crippen LogP contribution in [0.15, 0.2) is 48.5 Å². The molecule has 0 saturated heterocycles. The second kappa shape index (κ2) is 10.8. The maximum Gasteiger partial charge on any atom is 0.338 e. The van der Waals surface area contributed by atoms with Crippen LogP contribution in [0.1, 0.15) is 33.2 Å². The van der Waals surface area contributed by atoms with Crippen molar-refractivity contribution in [2.45, 2.75) is 23.8 Å². The van der Waals surface area contributed by atoms with Gasteiger partial charge >= 0.3 is 5.97 Å². The Bertz CT molecular complexity index is 900. The first-order valence-electron chi connectivity index (χ1n) is 8.89. The third-order valence-corrected chi connectivity index (χ3v) is 4.72. The van der Waals surface area contributed by atoms with E-state index in [1.165, 1.54) is 0 Å². The van der Waals surface area contributed by atoms with Crippen LogP contribution < -0.4 is 16.0 Å². The van der Waals surface area contributed by atoms with Crippen molar-refractivity contribution in [1.82, 2.24) is 10.6 Å². The van der Waals surface area contributed by atoms with Gasteiger partial charge in [0.05, 0.1) is 12.2 Å². The van der Waals surface area contributed by atoms with Gasteiger partial charge in [0.2, 0.25) is 3.79 Å². The maximum atomic E-state index is 12.5. The van der Waals surface area contributed by atoms with Crippen molar-refractivity contribution in [3.8, 4) is 0 Å². The molecule has 0 bridgehead atoms. The largest absolute Gasteiger partial charge is 0.462 e. The minimum Gasteiger partial charge on any atom is -0.462 e. The number of ether oxygens (including phenoxy) is 1. The quantitative estimate of drug-likeness (QED) is 0.239. The summed E-state index contributed by atoms with van der Waals surface area (Å²) >= 11 is 23.3. The second-order valence-electron chi connectivity index (χ2n) is 6.21. The summed E-state index contributed by atoms with van der Waals surface area (Å²) in [5.74, 6) is -0.847. The van der Waals surface area contributed by atoms with Crippen LogP contribution in [-0.2, 0) is 4.74 Å². The monoisotopic (exact) mass is 487 g/mol. The molecule has 2 rings (SSSR count). The molecule has 1 atom stereocenters. The summed E-state index contributed by atoms with van der Waals surface area (Å²) in [7, 11) is 0. The SMILES string of the molecule is CCOC(=O)c1ccc(NC(=S)N[C@@H](NC(=O)c2ccc(C)cc2)C(Cl)(Cl)Cl)cc1. The average molecular weight is 489 g/mol. The Hall–Kier alpha value is -2.06. The Balaban J connectivity index is 2.02. The van der Waals surface area contributed by atoms with Crippen LogP contribution in [0.25, 0.3) is 0 Å². The number of carbonyl (C=O) groups is 2. The van der Waals surface area contributed by atoms with E-state index in [0.29, 0.717) is 23.4 Å². The maximum absolute atomic E-state index is 12.5. The number of rotatable bonds is 6. The number of halogens is 3. The highest BCUT2D eigenvalue weighted by Crippen LogP contribution is 2.29. The van der Waals surface area contributed by atoms with E-state index >= 15 is 0 Å². The number of amides is 1. The zero-order valence-corrected chi connectivity index (χ0v) is 19.3. The molecule has 1 amide bonds. The van der Waals surface area contributed by atoms with Gasteiger partial charge < -0.3 is 20.7 Å². The summed E-state index contributed by atoms with van der Waals surface area (Å²) in [6.07, 6.45) is -1.10. The molecule has 0 heterocycles. The van der Waals surface area contributed by atoms with E-state index < -0.39 is 21.8 Å². The smallest absolute Gasteiger partial charge is 0.338 e. The number of hydrogen-bond donors (Lipinski definition) is 3. The Morgan fingerprint density at radius 1 is 1.00 bits per heavy atom. The number of anilines is 1. The molecular formula is C20H20Cl3N3O3S. The number of carbonyl (C=O) groups excluding carboxylic acids is 2. The van der Waals surface area contributed by atoms with E-state index in [0.717, 1.165) is 5.56 Å². The van der Waals surface area contributed by atoms with Gasteiger partial charge in [-0.25, -0.2) is 4.79 Å². The average Bonchev–Trinajstić information content (AvgIpc) is 2.68. The summed E-state index contributed by atoms with van der Waals surface area (Å²) in [6, 6.07) is 13.4. The lowest BCUT2D eigenvalue weighted by molar-refractivity contribution is 0.0526. The van der Waals surface area contributed by atoms with Crippen molar-refractivity contribution in [2.24, 2.45) is 0 Å². The highest BCUT2D eigenvalue weighted by atomic mass is 35.6. The van der Waals surface area contributed by atoms with Gasteiger partial charge in [-0.15, -0.1) is 0 Å². The van der Waals surface area contributed by atoms with Crippen molar-refractivity contribution in [1.29, 1.82) is 0 Å². The molecule has 2 aromatic carbocycles. The molecule has 160 valence electrons. The van der Waals surface area contributed by atoms with Gasteiger partial charge in [-0.05, 0) is 62.5 Å². The van der Waals surface area contributed by atoms with Gasteiger partial charge in [0.25, 0.3) is 5.91 Å². The van der Waals surface area contributed by atoms with Crippen molar-refractivity contribution in [3.63, 3.8) is 0 Å². The first-order chi connectivity index (χ1) is 14.1. The summed E-state index contributed by atoms with van der Waals surface area (Å²) in [4.78, 5) is 24.2. The van der Waals surface area contributed by atoms with Crippen LogP contribution >= 0.6 is 47.0 Å². The lowest BCUT2D eigenvalue weighted by Crippen LogP contribution is -2.56. The van der Waals surface area contributed by atoms with Crippen LogP contribution in [0.4, 0.5) is 5.69 Å². The van der Waals surface area contributed by atoms with Crippen molar-refractivity contribution < 1.29 is 14.3 Å². The second-order valence-corrected chi connectivity index (χ2v) is 8.99. The number of esters is 1. The first-order valence-corrected chi connectivity index (χ1v) is 10.4. The van der Waals surface area contributed by atoms with E-state index in [1.54, 1.807) is 55.5 Å². The van der Waals surface area contributed by atoms with Crippen molar-refractivity contribution >= 4 is 69.7 Å². The Kier molecular flexibility index (Phi) is 8.73. The molecule has 0 saturated carbocycles. The van der Waals surface area contributed by atoms with E-state index in [9.17, 15) is 9.59 Å². The van der Waals surface area contributed by atoms with E-state index in [4.69, 9.17) is 51.8 Å². The lowest BCUT2D eigenvalue weighted by Gasteiger charge is -2.27. The number of nitrogens with one attached hydrogen (secondary N) is 3. The minimum atomic E-state index is -1.88. The number of benzene rings is 2. The molecule has 3 N–H and O–H groups in total. The molecule has 30 heavy (non-hydrogen) atoms. The van der Waals surface area contributed by atoms with Crippen LogP contribution in [0.3, 0.4) is 0 Å². The highest BCUT2D eigenvalue weighted by Gasteiger charge is 2.34. The van der Waals surface area contributed by atoms with Gasteiger partial charge in [0.15, 0.2) is 5.11 Å². The fourth-order valence-electron chi connectivity index (χ4n) is 2.32. The number of alkyl halides is 3. The molecule has 0 radical (unpaired) electrons. The molecular weight excluding hydrogens is 469 g/mol. The predicted octanol–water partition coefficient (Wildman–Crippen LogP) is 4.58. The number of thiocarbonyl (C=S) groups is 1. The van der Waals surface area contributed by atoms with Gasteiger partial charge in [0.1, 0.15) is 6.17 Å². The van der Waals surface area contributed by atoms with Gasteiger partial charge in [-0.3, -0.25) is 4.79 Å². The highest BCUT2D eigenvalue weighted by molar-refractivity contribution is 7.80. The number of hydrogen-bond acceptors (Lipinski definition) is 4. The van der Waals surface area contributed by atoms with Gasteiger partial charge in [-0.1, -0.05) is 52.5 Å². The zero-order valence-electron chi connectivity index (χ0n) is 16.2. The zero-order chi connectivity index (χ0) is 22.3. The molecule has 0 spiro atoms. The molecule has 10 heteroatoms. The molecule has 0 aromatic heterocycles. The van der Waals surface area contributed by atoms with Gasteiger partial charge in [-0.2, -0.15) is 0 Å².